The van der Waals surface area contributed by atoms with Crippen LogP contribution in [0, 0.1) is 0 Å². The summed E-state index contributed by atoms with van der Waals surface area (Å²) in [5.41, 5.74) is 0. The van der Waals surface area contributed by atoms with E-state index in [1.807, 2.05) is 0 Å². The Balaban J connectivity index is 2.34. The second-order valence-electron chi connectivity index (χ2n) is 5.72. The third kappa shape index (κ3) is 8.72. The lowest BCUT2D eigenvalue weighted by Gasteiger charge is -2.28. The van der Waals surface area contributed by atoms with Gasteiger partial charge in [-0.05, 0) is 53.8 Å². The van der Waals surface area contributed by atoms with Crippen molar-refractivity contribution in [1.29, 1.82) is 0 Å². The van der Waals surface area contributed by atoms with E-state index in [1.54, 1.807) is 0 Å². The van der Waals surface area contributed by atoms with E-state index in [0.29, 0.717) is 0 Å². The Kier molecular flexibility index (Phi) is 10.2. The van der Waals surface area contributed by atoms with Gasteiger partial charge >= 0.3 is 0 Å². The summed E-state index contributed by atoms with van der Waals surface area (Å²) in [6.07, 6.45) is 4.22. The molecule has 1 saturated heterocycles. The van der Waals surface area contributed by atoms with E-state index in [9.17, 15) is 0 Å². The van der Waals surface area contributed by atoms with Gasteiger partial charge in [-0.2, -0.15) is 47.0 Å². The molecule has 18 heavy (non-hydrogen) atoms. The molecule has 0 N–H and O–H groups in total. The number of thioether (sulfide) groups is 4. The standard InChI is InChI=1S/C13H28S4Si/c1-18(2,3)13-16-11-5-9-14-7-4-8-15-10-6-12-17-13/h13H,4-12H2,1-3H3. The van der Waals surface area contributed by atoms with E-state index >= 15 is 0 Å². The average Bonchev–Trinajstić information content (AvgIpc) is 2.30. The highest BCUT2D eigenvalue weighted by Crippen LogP contribution is 2.33. The van der Waals surface area contributed by atoms with E-state index in [-0.39, 0.29) is 0 Å². The van der Waals surface area contributed by atoms with Crippen molar-refractivity contribution in [3.63, 3.8) is 0 Å². The normalized spacial score (nSPS) is 23.5. The molecule has 108 valence electrons. The Morgan fingerprint density at radius 3 is 1.44 bits per heavy atom. The zero-order valence-electron chi connectivity index (χ0n) is 12.1. The highest BCUT2D eigenvalue weighted by molar-refractivity contribution is 8.19. The molecule has 1 fully saturated rings. The van der Waals surface area contributed by atoms with E-state index in [0.717, 1.165) is 4.21 Å². The number of rotatable bonds is 1. The highest BCUT2D eigenvalue weighted by Gasteiger charge is 2.27. The van der Waals surface area contributed by atoms with Crippen molar-refractivity contribution >= 4 is 55.1 Å². The van der Waals surface area contributed by atoms with Crippen LogP contribution in [0.1, 0.15) is 19.3 Å². The minimum atomic E-state index is -0.989. The molecule has 5 heteroatoms. The Morgan fingerprint density at radius 2 is 1.06 bits per heavy atom. The van der Waals surface area contributed by atoms with Crippen molar-refractivity contribution in [3.05, 3.63) is 0 Å². The molecular weight excluding hydrogens is 312 g/mol. The van der Waals surface area contributed by atoms with Crippen LogP contribution >= 0.6 is 47.0 Å². The summed E-state index contributed by atoms with van der Waals surface area (Å²) in [6, 6.07) is 0. The fourth-order valence-corrected chi connectivity index (χ4v) is 10.8. The first-order valence-corrected chi connectivity index (χ1v) is 15.0. The maximum Gasteiger partial charge on any atom is 0.0712 e. The summed E-state index contributed by atoms with van der Waals surface area (Å²) in [7, 11) is -0.989. The van der Waals surface area contributed by atoms with E-state index in [1.165, 1.54) is 53.8 Å². The van der Waals surface area contributed by atoms with Crippen molar-refractivity contribution in [2.75, 3.05) is 34.5 Å². The van der Waals surface area contributed by atoms with Gasteiger partial charge in [-0.1, -0.05) is 19.6 Å². The molecule has 0 radical (unpaired) electrons. The van der Waals surface area contributed by atoms with Crippen molar-refractivity contribution in [3.8, 4) is 0 Å². The van der Waals surface area contributed by atoms with Gasteiger partial charge in [0, 0.05) is 4.21 Å². The Morgan fingerprint density at radius 1 is 0.667 bits per heavy atom. The van der Waals surface area contributed by atoms with Gasteiger partial charge in [-0.15, -0.1) is 0 Å². The summed E-state index contributed by atoms with van der Waals surface area (Å²) in [6.45, 7) is 7.60. The summed E-state index contributed by atoms with van der Waals surface area (Å²) in [5, 5.41) is 0. The molecule has 0 amide bonds. The van der Waals surface area contributed by atoms with Crippen LogP contribution in [0.15, 0.2) is 0 Å². The first kappa shape index (κ1) is 17.7. The van der Waals surface area contributed by atoms with Crippen LogP contribution in [-0.2, 0) is 0 Å². The molecule has 0 aromatic rings. The smallest absolute Gasteiger partial charge is 0.0712 e. The van der Waals surface area contributed by atoms with Crippen LogP contribution in [0.3, 0.4) is 0 Å². The second kappa shape index (κ2) is 10.4. The Labute approximate surface area is 132 Å². The van der Waals surface area contributed by atoms with Crippen LogP contribution in [0.2, 0.25) is 19.6 Å². The molecule has 0 spiro atoms. The van der Waals surface area contributed by atoms with Gasteiger partial charge in [0.05, 0.1) is 8.07 Å². The predicted octanol–water partition coefficient (Wildman–Crippen LogP) is 5.31. The first-order chi connectivity index (χ1) is 8.61. The van der Waals surface area contributed by atoms with Crippen LogP contribution in [0.5, 0.6) is 0 Å². The minimum Gasteiger partial charge on any atom is -0.162 e. The quantitative estimate of drug-likeness (QED) is 0.593. The molecule has 1 aliphatic heterocycles. The SMILES string of the molecule is C[Si](C)(C)C1SCCCSCCCSCCCS1. The van der Waals surface area contributed by atoms with Crippen molar-refractivity contribution in [1.82, 2.24) is 0 Å². The molecule has 1 rings (SSSR count). The van der Waals surface area contributed by atoms with Gasteiger partial charge in [0.25, 0.3) is 0 Å². The van der Waals surface area contributed by atoms with E-state index in [4.69, 9.17) is 0 Å². The largest absolute Gasteiger partial charge is 0.162 e. The van der Waals surface area contributed by atoms with Crippen LogP contribution in [0.25, 0.3) is 0 Å². The number of hydrogen-bond donors (Lipinski definition) is 0. The fraction of sp³-hybridized carbons (Fsp3) is 1.00. The molecule has 0 atom stereocenters. The van der Waals surface area contributed by atoms with E-state index in [2.05, 4.69) is 66.7 Å². The molecule has 0 bridgehead atoms. The van der Waals surface area contributed by atoms with Gasteiger partial charge in [0.2, 0.25) is 0 Å². The van der Waals surface area contributed by atoms with Gasteiger partial charge in [-0.25, -0.2) is 0 Å². The third-order valence-corrected chi connectivity index (χ3v) is 14.1. The topological polar surface area (TPSA) is 0 Å². The molecule has 0 saturated carbocycles. The average molecular weight is 341 g/mol. The van der Waals surface area contributed by atoms with Crippen LogP contribution in [0.4, 0.5) is 0 Å². The van der Waals surface area contributed by atoms with E-state index < -0.39 is 8.07 Å². The second-order valence-corrected chi connectivity index (χ2v) is 17.0. The van der Waals surface area contributed by atoms with Gasteiger partial charge in [0.1, 0.15) is 0 Å². The van der Waals surface area contributed by atoms with Crippen LogP contribution < -0.4 is 0 Å². The molecule has 0 nitrogen and oxygen atoms in total. The van der Waals surface area contributed by atoms with Crippen molar-refractivity contribution in [2.45, 2.75) is 43.1 Å². The van der Waals surface area contributed by atoms with Crippen molar-refractivity contribution < 1.29 is 0 Å². The maximum atomic E-state index is 2.53. The summed E-state index contributed by atoms with van der Waals surface area (Å²) in [5.74, 6) is 8.27. The third-order valence-electron chi connectivity index (χ3n) is 2.69. The molecule has 1 aliphatic rings. The monoisotopic (exact) mass is 340 g/mol. The predicted molar refractivity (Wildman–Crippen MR) is 101 cm³/mol. The van der Waals surface area contributed by atoms with Crippen molar-refractivity contribution in [2.24, 2.45) is 0 Å². The lowest BCUT2D eigenvalue weighted by atomic mass is 10.6. The Bertz CT molecular complexity index is 192. The molecule has 0 aromatic carbocycles. The minimum absolute atomic E-state index is 0.912. The zero-order chi connectivity index (χ0) is 13.3. The summed E-state index contributed by atoms with van der Waals surface area (Å²) >= 11 is 8.85. The maximum absolute atomic E-state index is 2.53. The lowest BCUT2D eigenvalue weighted by Crippen LogP contribution is -2.33. The summed E-state index contributed by atoms with van der Waals surface area (Å²) < 4.78 is 0.912. The highest BCUT2D eigenvalue weighted by atomic mass is 32.2. The molecule has 0 unspecified atom stereocenters. The Hall–Kier alpha value is 1.62. The number of hydrogen-bond acceptors (Lipinski definition) is 4. The van der Waals surface area contributed by atoms with Gasteiger partial charge < -0.3 is 0 Å². The fourth-order valence-electron chi connectivity index (χ4n) is 1.72. The van der Waals surface area contributed by atoms with Gasteiger partial charge in [0.15, 0.2) is 0 Å². The first-order valence-electron chi connectivity index (χ1n) is 6.99. The lowest BCUT2D eigenvalue weighted by molar-refractivity contribution is 1.08. The molecule has 0 aromatic heterocycles. The van der Waals surface area contributed by atoms with Crippen LogP contribution in [-0.4, -0.2) is 46.8 Å². The molecule has 0 aliphatic carbocycles. The summed E-state index contributed by atoms with van der Waals surface area (Å²) in [4.78, 5) is 0. The molecular formula is C13H28S4Si. The zero-order valence-corrected chi connectivity index (χ0v) is 16.3. The molecule has 1 heterocycles. The van der Waals surface area contributed by atoms with Gasteiger partial charge in [-0.3, -0.25) is 0 Å².